The van der Waals surface area contributed by atoms with E-state index in [-0.39, 0.29) is 65.0 Å². The van der Waals surface area contributed by atoms with Crippen molar-refractivity contribution in [3.63, 3.8) is 0 Å². The second-order valence-corrected chi connectivity index (χ2v) is 1.27. The van der Waals surface area contributed by atoms with E-state index in [4.69, 9.17) is 5.11 Å². The fourth-order valence-electron chi connectivity index (χ4n) is 0.337. The Balaban J connectivity index is 0. The predicted octanol–water partition coefficient (Wildman–Crippen LogP) is -2.78. The summed E-state index contributed by atoms with van der Waals surface area (Å²) in [5.41, 5.74) is 4.63. The van der Waals surface area contributed by atoms with Crippen LogP contribution in [0.5, 0.6) is 0 Å². The minimum atomic E-state index is -1.14. The Morgan fingerprint density at radius 1 is 1.55 bits per heavy atom. The number of carboxylic acids is 1. The van der Waals surface area contributed by atoms with Crippen LogP contribution < -0.4 is 10.9 Å². The average molecular weight is 176 g/mol. The first-order valence-electron chi connectivity index (χ1n) is 2.15. The second kappa shape index (κ2) is 7.08. The van der Waals surface area contributed by atoms with Gasteiger partial charge in [0.15, 0.2) is 0 Å². The van der Waals surface area contributed by atoms with E-state index in [2.05, 4.69) is 21.1 Å². The molecule has 0 amide bonds. The van der Waals surface area contributed by atoms with Crippen LogP contribution in [0.3, 0.4) is 0 Å². The third kappa shape index (κ3) is 4.78. The molecule has 0 aliphatic carbocycles. The molecule has 6 nitrogen and oxygen atoms in total. The number of hydrogen-bond donors (Lipinski definition) is 3. The predicted molar refractivity (Wildman–Crippen MR) is 44.1 cm³/mol. The molecule has 1 aliphatic rings. The summed E-state index contributed by atoms with van der Waals surface area (Å²) in [5, 5.41) is 14.8. The van der Waals surface area contributed by atoms with Crippen LogP contribution >= 0.6 is 0 Å². The third-order valence-electron chi connectivity index (χ3n) is 0.673. The molecule has 0 atom stereocenters. The molecule has 1 rings (SSSR count). The Morgan fingerprint density at radius 2 is 2.18 bits per heavy atom. The summed E-state index contributed by atoms with van der Waals surface area (Å²) in [6.07, 6.45) is 1.24. The molecule has 0 radical (unpaired) electrons. The summed E-state index contributed by atoms with van der Waals surface area (Å²) in [4.78, 5) is 10.0. The Morgan fingerprint density at radius 3 is 2.45 bits per heavy atom. The molecular weight excluding hydrogens is 170 g/mol. The zero-order valence-corrected chi connectivity index (χ0v) is 4.33. The van der Waals surface area contributed by atoms with Gasteiger partial charge in [-0.15, -0.1) is 10.2 Å². The molecule has 0 saturated heterocycles. The number of hydrogen-bond acceptors (Lipinski definition) is 5. The van der Waals surface area contributed by atoms with E-state index in [0.717, 1.165) is 0 Å². The van der Waals surface area contributed by atoms with Gasteiger partial charge in [-0.1, -0.05) is 0 Å². The van der Waals surface area contributed by atoms with Crippen LogP contribution in [0.15, 0.2) is 10.2 Å². The van der Waals surface area contributed by atoms with Crippen molar-refractivity contribution < 1.29 is 9.90 Å². The zero-order valence-electron chi connectivity index (χ0n) is 4.33. The topological polar surface area (TPSA) is 86.1 Å². The first-order chi connectivity index (χ1) is 4.30. The third-order valence-corrected chi connectivity index (χ3v) is 0.673. The second-order valence-electron chi connectivity index (χ2n) is 1.27. The molecule has 52 valence electrons. The van der Waals surface area contributed by atoms with Crippen LogP contribution in [0.2, 0.25) is 0 Å². The van der Waals surface area contributed by atoms with Gasteiger partial charge in [0.1, 0.15) is 6.34 Å². The van der Waals surface area contributed by atoms with Crippen LogP contribution in [0.25, 0.3) is 0 Å². The maximum atomic E-state index is 10.0. The number of aliphatic carboxylic acids is 1. The van der Waals surface area contributed by atoms with Crippen molar-refractivity contribution in [1.29, 1.82) is 0 Å². The summed E-state index contributed by atoms with van der Waals surface area (Å²) in [6, 6.07) is 0. The molecule has 3 N–H and O–H groups in total. The minimum absolute atomic E-state index is 0. The van der Waals surface area contributed by atoms with Gasteiger partial charge in [-0.05, 0) is 0 Å². The van der Waals surface area contributed by atoms with Gasteiger partial charge in [0.25, 0.3) is 5.84 Å². The van der Waals surface area contributed by atoms with Crippen molar-refractivity contribution >= 4 is 77.3 Å². The summed E-state index contributed by atoms with van der Waals surface area (Å²) in [5.74, 6) is -1.35. The molecule has 0 aromatic carbocycles. The van der Waals surface area contributed by atoms with Crippen molar-refractivity contribution in [1.82, 2.24) is 10.9 Å². The molecule has 0 spiro atoms. The maximum absolute atomic E-state index is 10.0. The molecule has 1 heterocycles. The number of carbonyl (C=O) groups is 1. The monoisotopic (exact) mass is 176 g/mol. The number of hydrazine groups is 1. The summed E-state index contributed by atoms with van der Waals surface area (Å²) in [6.45, 7) is 0. The molecule has 8 heteroatoms. The number of nitrogens with zero attached hydrogens (tertiary/aromatic N) is 2. The summed E-state index contributed by atoms with van der Waals surface area (Å²) in [7, 11) is 0. The van der Waals surface area contributed by atoms with Gasteiger partial charge in [-0.25, -0.2) is 4.79 Å². The van der Waals surface area contributed by atoms with Gasteiger partial charge < -0.3 is 5.11 Å². The molecule has 11 heavy (non-hydrogen) atoms. The van der Waals surface area contributed by atoms with E-state index >= 15 is 0 Å². The van der Waals surface area contributed by atoms with Crippen molar-refractivity contribution in [2.45, 2.75) is 0 Å². The van der Waals surface area contributed by atoms with Gasteiger partial charge in [0.2, 0.25) is 0 Å². The van der Waals surface area contributed by atoms with Crippen LogP contribution in [-0.4, -0.2) is 82.4 Å². The molecule has 0 aromatic rings. The number of carboxylic acid groups (broad SMARTS) is 1. The van der Waals surface area contributed by atoms with Gasteiger partial charge >= 0.3 is 65.1 Å². The fraction of sp³-hybridized carbons (Fsp3) is 0. The Bertz CT molecular complexity index is 192. The molecule has 0 aromatic heterocycles. The summed E-state index contributed by atoms with van der Waals surface area (Å²) >= 11 is 0. The van der Waals surface area contributed by atoms with E-state index in [1.165, 1.54) is 6.34 Å². The van der Waals surface area contributed by atoms with Crippen molar-refractivity contribution in [2.24, 2.45) is 10.2 Å². The molecular formula is C3H6N4Na2O2. The molecule has 0 unspecified atom stereocenters. The number of nitrogens with one attached hydrogen (secondary N) is 2. The number of rotatable bonds is 1. The summed E-state index contributed by atoms with van der Waals surface area (Å²) < 4.78 is 0. The van der Waals surface area contributed by atoms with E-state index in [9.17, 15) is 4.79 Å². The van der Waals surface area contributed by atoms with Crippen molar-refractivity contribution in [3.8, 4) is 0 Å². The fourth-order valence-corrected chi connectivity index (χ4v) is 0.337. The van der Waals surface area contributed by atoms with Crippen LogP contribution in [0.1, 0.15) is 0 Å². The number of amidine groups is 1. The van der Waals surface area contributed by atoms with E-state index in [1.807, 2.05) is 0 Å². The van der Waals surface area contributed by atoms with Gasteiger partial charge in [-0.3, -0.25) is 10.9 Å². The SMILES string of the molecule is O=C(O)C1=NN=CNN1.[NaH].[NaH]. The van der Waals surface area contributed by atoms with Crippen molar-refractivity contribution in [2.75, 3.05) is 0 Å². The standard InChI is InChI=1S/C3H4N4O2.2Na.2H/c8-3(9)2-6-4-1-5-7-2;;;;/h1H,(H,4,5)(H,6,7)(H,8,9);;;;. The molecule has 0 bridgehead atoms. The van der Waals surface area contributed by atoms with Crippen LogP contribution in [0, 0.1) is 0 Å². The van der Waals surface area contributed by atoms with E-state index < -0.39 is 5.97 Å². The Kier molecular flexibility index (Phi) is 8.99. The normalized spacial score (nSPS) is 12.5. The van der Waals surface area contributed by atoms with Crippen LogP contribution in [0.4, 0.5) is 0 Å². The van der Waals surface area contributed by atoms with Gasteiger partial charge in [-0.2, -0.15) is 0 Å². The Labute approximate surface area is 107 Å². The van der Waals surface area contributed by atoms with Gasteiger partial charge in [0.05, 0.1) is 0 Å². The first-order valence-corrected chi connectivity index (χ1v) is 2.15. The van der Waals surface area contributed by atoms with E-state index in [0.29, 0.717) is 0 Å². The first kappa shape index (κ1) is 14.0. The van der Waals surface area contributed by atoms with Crippen LogP contribution in [-0.2, 0) is 4.79 Å². The molecule has 1 aliphatic heterocycles. The zero-order chi connectivity index (χ0) is 6.69. The van der Waals surface area contributed by atoms with Crippen molar-refractivity contribution in [3.05, 3.63) is 0 Å². The Hall–Kier alpha value is 0.410. The van der Waals surface area contributed by atoms with E-state index in [1.54, 1.807) is 0 Å². The average Bonchev–Trinajstić information content (AvgIpc) is 1.90. The molecule has 0 saturated carbocycles. The molecule has 0 fully saturated rings. The quantitative estimate of drug-likeness (QED) is 0.377. The van der Waals surface area contributed by atoms with Gasteiger partial charge in [0, 0.05) is 0 Å².